The minimum atomic E-state index is -0.0167. The van der Waals surface area contributed by atoms with Crippen molar-refractivity contribution in [3.8, 4) is 0 Å². The van der Waals surface area contributed by atoms with Gasteiger partial charge in [0.2, 0.25) is 0 Å². The molecule has 6 heteroatoms. The Morgan fingerprint density at radius 2 is 1.95 bits per heavy atom. The Hall–Kier alpha value is -1.69. The van der Waals surface area contributed by atoms with E-state index in [9.17, 15) is 4.79 Å². The molecule has 2 heterocycles. The molecule has 6 nitrogen and oxygen atoms in total. The topological polar surface area (TPSA) is 61.4 Å². The van der Waals surface area contributed by atoms with Crippen LogP contribution in [0, 0.1) is 5.92 Å². The Bertz CT molecular complexity index is 466. The average Bonchev–Trinajstić information content (AvgIpc) is 2.54. The number of hydrogen-bond donors (Lipinski definition) is 1. The lowest BCUT2D eigenvalue weighted by molar-refractivity contribution is 0.0637. The predicted octanol–water partition coefficient (Wildman–Crippen LogP) is 1.71. The highest BCUT2D eigenvalue weighted by molar-refractivity contribution is 5.92. The summed E-state index contributed by atoms with van der Waals surface area (Å²) >= 11 is 0. The molecule has 1 aliphatic heterocycles. The molecule has 1 saturated heterocycles. The summed E-state index contributed by atoms with van der Waals surface area (Å²) in [7, 11) is 0. The van der Waals surface area contributed by atoms with Crippen LogP contribution in [-0.2, 0) is 0 Å². The first-order valence-corrected chi connectivity index (χ1v) is 8.17. The number of rotatable bonds is 6. The lowest BCUT2D eigenvalue weighted by atomic mass is 10.1. The average molecular weight is 305 g/mol. The SMILES string of the molecule is CCN1CCN(C(=O)c2cnc(NCCC(C)C)cn2)CC1. The van der Waals surface area contributed by atoms with Crippen LogP contribution in [-0.4, -0.2) is 64.9 Å². The fourth-order valence-electron chi connectivity index (χ4n) is 2.45. The van der Waals surface area contributed by atoms with Gasteiger partial charge < -0.3 is 15.1 Å². The molecule has 0 saturated carbocycles. The number of nitrogens with zero attached hydrogens (tertiary/aromatic N) is 4. The van der Waals surface area contributed by atoms with E-state index >= 15 is 0 Å². The van der Waals surface area contributed by atoms with Crippen LogP contribution in [0.25, 0.3) is 0 Å². The van der Waals surface area contributed by atoms with Gasteiger partial charge in [-0.1, -0.05) is 20.8 Å². The van der Waals surface area contributed by atoms with Gasteiger partial charge in [-0.25, -0.2) is 9.97 Å². The molecule has 0 aliphatic carbocycles. The van der Waals surface area contributed by atoms with Crippen LogP contribution in [0.15, 0.2) is 12.4 Å². The van der Waals surface area contributed by atoms with Crippen LogP contribution in [0.5, 0.6) is 0 Å². The van der Waals surface area contributed by atoms with E-state index in [1.165, 1.54) is 0 Å². The van der Waals surface area contributed by atoms with E-state index in [-0.39, 0.29) is 5.91 Å². The standard InChI is InChI=1S/C16H27N5O/c1-4-20-7-9-21(10-8-20)16(22)14-11-19-15(12-18-14)17-6-5-13(2)3/h11-13H,4-10H2,1-3H3,(H,17,19). The number of aromatic nitrogens is 2. The molecule has 0 unspecified atom stereocenters. The second kappa shape index (κ2) is 8.08. The first-order valence-electron chi connectivity index (χ1n) is 8.17. The molecule has 2 rings (SSSR count). The third kappa shape index (κ3) is 4.66. The Morgan fingerprint density at radius 1 is 1.23 bits per heavy atom. The summed E-state index contributed by atoms with van der Waals surface area (Å²) in [6, 6.07) is 0. The largest absolute Gasteiger partial charge is 0.369 e. The zero-order valence-electron chi connectivity index (χ0n) is 13.9. The number of carbonyl (C=O) groups is 1. The molecule has 1 aromatic rings. The molecule has 0 bridgehead atoms. The quantitative estimate of drug-likeness (QED) is 0.867. The number of hydrogen-bond acceptors (Lipinski definition) is 5. The molecular formula is C16H27N5O. The maximum Gasteiger partial charge on any atom is 0.274 e. The van der Waals surface area contributed by atoms with Gasteiger partial charge in [-0.15, -0.1) is 0 Å². The first kappa shape index (κ1) is 16.7. The van der Waals surface area contributed by atoms with Crippen molar-refractivity contribution in [2.75, 3.05) is 44.6 Å². The van der Waals surface area contributed by atoms with Gasteiger partial charge in [0.25, 0.3) is 5.91 Å². The smallest absolute Gasteiger partial charge is 0.274 e. The minimum Gasteiger partial charge on any atom is -0.369 e. The van der Waals surface area contributed by atoms with E-state index in [4.69, 9.17) is 0 Å². The van der Waals surface area contributed by atoms with Gasteiger partial charge >= 0.3 is 0 Å². The molecule has 1 N–H and O–H groups in total. The number of piperazine rings is 1. The first-order chi connectivity index (χ1) is 10.6. The van der Waals surface area contributed by atoms with E-state index in [0.717, 1.165) is 51.5 Å². The number of carbonyl (C=O) groups excluding carboxylic acids is 1. The summed E-state index contributed by atoms with van der Waals surface area (Å²) in [6.07, 6.45) is 4.31. The van der Waals surface area contributed by atoms with Gasteiger partial charge in [-0.3, -0.25) is 4.79 Å². The van der Waals surface area contributed by atoms with Crippen molar-refractivity contribution in [3.63, 3.8) is 0 Å². The molecule has 0 spiro atoms. The van der Waals surface area contributed by atoms with Crippen molar-refractivity contribution in [3.05, 3.63) is 18.1 Å². The number of amides is 1. The molecule has 1 fully saturated rings. The Morgan fingerprint density at radius 3 is 2.50 bits per heavy atom. The van der Waals surface area contributed by atoms with E-state index in [2.05, 4.69) is 41.0 Å². The van der Waals surface area contributed by atoms with Crippen molar-refractivity contribution in [1.82, 2.24) is 19.8 Å². The second-order valence-electron chi connectivity index (χ2n) is 6.12. The van der Waals surface area contributed by atoms with Gasteiger partial charge in [0, 0.05) is 32.7 Å². The lowest BCUT2D eigenvalue weighted by Crippen LogP contribution is -2.48. The Labute approximate surface area is 132 Å². The predicted molar refractivity (Wildman–Crippen MR) is 88.0 cm³/mol. The highest BCUT2D eigenvalue weighted by Gasteiger charge is 2.22. The summed E-state index contributed by atoms with van der Waals surface area (Å²) in [4.78, 5) is 25.2. The maximum absolute atomic E-state index is 12.4. The molecule has 1 amide bonds. The van der Waals surface area contributed by atoms with Gasteiger partial charge in [0.1, 0.15) is 11.5 Å². The normalized spacial score (nSPS) is 16.1. The van der Waals surface area contributed by atoms with E-state index < -0.39 is 0 Å². The zero-order chi connectivity index (χ0) is 15.9. The van der Waals surface area contributed by atoms with Crippen LogP contribution in [0.3, 0.4) is 0 Å². The summed E-state index contributed by atoms with van der Waals surface area (Å²) in [5.74, 6) is 1.37. The van der Waals surface area contributed by atoms with Gasteiger partial charge in [0.15, 0.2) is 0 Å². The summed E-state index contributed by atoms with van der Waals surface area (Å²) in [5, 5.41) is 3.23. The Kier molecular flexibility index (Phi) is 6.12. The third-order valence-electron chi connectivity index (χ3n) is 4.01. The van der Waals surface area contributed by atoms with Crippen LogP contribution >= 0.6 is 0 Å². The van der Waals surface area contributed by atoms with Crippen molar-refractivity contribution < 1.29 is 4.79 Å². The summed E-state index contributed by atoms with van der Waals surface area (Å²) in [6.45, 7) is 11.8. The van der Waals surface area contributed by atoms with Crippen molar-refractivity contribution in [2.24, 2.45) is 5.92 Å². The fraction of sp³-hybridized carbons (Fsp3) is 0.688. The summed E-state index contributed by atoms with van der Waals surface area (Å²) in [5.41, 5.74) is 0.430. The van der Waals surface area contributed by atoms with Crippen LogP contribution in [0.2, 0.25) is 0 Å². The molecule has 1 aliphatic rings. The zero-order valence-corrected chi connectivity index (χ0v) is 13.9. The molecule has 22 heavy (non-hydrogen) atoms. The maximum atomic E-state index is 12.4. The molecular weight excluding hydrogens is 278 g/mol. The monoisotopic (exact) mass is 305 g/mol. The molecule has 0 atom stereocenters. The van der Waals surface area contributed by atoms with E-state index in [1.54, 1.807) is 12.4 Å². The van der Waals surface area contributed by atoms with Crippen LogP contribution in [0.1, 0.15) is 37.7 Å². The van der Waals surface area contributed by atoms with E-state index in [1.807, 2.05) is 4.90 Å². The second-order valence-corrected chi connectivity index (χ2v) is 6.12. The van der Waals surface area contributed by atoms with Gasteiger partial charge in [-0.2, -0.15) is 0 Å². The summed E-state index contributed by atoms with van der Waals surface area (Å²) < 4.78 is 0. The number of likely N-dealkylation sites (N-methyl/N-ethyl adjacent to an activating group) is 1. The number of anilines is 1. The molecule has 122 valence electrons. The Balaban J connectivity index is 1.86. The fourth-order valence-corrected chi connectivity index (χ4v) is 2.45. The van der Waals surface area contributed by atoms with Crippen molar-refractivity contribution >= 4 is 11.7 Å². The van der Waals surface area contributed by atoms with Gasteiger partial charge in [-0.05, 0) is 18.9 Å². The van der Waals surface area contributed by atoms with Gasteiger partial charge in [0.05, 0.1) is 12.4 Å². The molecule has 0 aromatic carbocycles. The van der Waals surface area contributed by atoms with E-state index in [0.29, 0.717) is 11.6 Å². The molecule has 0 radical (unpaired) electrons. The van der Waals surface area contributed by atoms with Crippen LogP contribution in [0.4, 0.5) is 5.82 Å². The molecule has 1 aromatic heterocycles. The highest BCUT2D eigenvalue weighted by atomic mass is 16.2. The highest BCUT2D eigenvalue weighted by Crippen LogP contribution is 2.08. The minimum absolute atomic E-state index is 0.0167. The van der Waals surface area contributed by atoms with Crippen molar-refractivity contribution in [2.45, 2.75) is 27.2 Å². The van der Waals surface area contributed by atoms with Crippen molar-refractivity contribution in [1.29, 1.82) is 0 Å². The third-order valence-corrected chi connectivity index (χ3v) is 4.01. The van der Waals surface area contributed by atoms with Crippen LogP contribution < -0.4 is 5.32 Å². The lowest BCUT2D eigenvalue weighted by Gasteiger charge is -2.33. The number of nitrogens with one attached hydrogen (secondary N) is 1.